The van der Waals surface area contributed by atoms with Crippen LogP contribution in [0.5, 0.6) is 0 Å². The van der Waals surface area contributed by atoms with Gasteiger partial charge in [0.1, 0.15) is 0 Å². The summed E-state index contributed by atoms with van der Waals surface area (Å²) < 4.78 is 0.450. The monoisotopic (exact) mass is 464 g/mol. The molecule has 8 heteroatoms. The molecule has 0 aliphatic carbocycles. The average molecular weight is 465 g/mol. The summed E-state index contributed by atoms with van der Waals surface area (Å²) in [7, 11) is 2.11. The van der Waals surface area contributed by atoms with Crippen molar-refractivity contribution in [1.29, 1.82) is 0 Å². The van der Waals surface area contributed by atoms with Gasteiger partial charge in [0.05, 0.1) is 28.5 Å². The molecule has 6 nitrogen and oxygen atoms in total. The quantitative estimate of drug-likeness (QED) is 0.513. The van der Waals surface area contributed by atoms with Gasteiger partial charge < -0.3 is 4.90 Å². The molecular weight excluding hydrogens is 440 g/mol. The van der Waals surface area contributed by atoms with Crippen molar-refractivity contribution in [2.45, 2.75) is 6.92 Å². The maximum Gasteiger partial charge on any atom is 0.271 e. The van der Waals surface area contributed by atoms with Gasteiger partial charge in [-0.2, -0.15) is 0 Å². The van der Waals surface area contributed by atoms with Crippen LogP contribution in [0, 0.1) is 6.92 Å². The Bertz CT molecular complexity index is 1150. The predicted molar refractivity (Wildman–Crippen MR) is 134 cm³/mol. The third-order valence-corrected chi connectivity index (χ3v) is 7.49. The first-order valence-corrected chi connectivity index (χ1v) is 11.9. The van der Waals surface area contributed by atoms with Crippen LogP contribution in [-0.2, 0) is 9.59 Å². The molecule has 0 aromatic heterocycles. The van der Waals surface area contributed by atoms with E-state index >= 15 is 0 Å². The van der Waals surface area contributed by atoms with Gasteiger partial charge in [-0.15, -0.1) is 0 Å². The van der Waals surface area contributed by atoms with Crippen LogP contribution in [0.2, 0.25) is 0 Å². The number of amides is 2. The number of rotatable bonds is 3. The fourth-order valence-corrected chi connectivity index (χ4v) is 5.71. The molecule has 3 aliphatic rings. The Balaban J connectivity index is 1.51. The number of carbonyl (C=O) groups is 2. The lowest BCUT2D eigenvalue weighted by Crippen LogP contribution is -2.49. The van der Waals surface area contributed by atoms with Gasteiger partial charge in [-0.3, -0.25) is 24.3 Å². The number of piperazine rings is 1. The molecule has 164 valence electrons. The topological polar surface area (TPSA) is 47.1 Å². The first-order valence-electron chi connectivity index (χ1n) is 10.6. The van der Waals surface area contributed by atoms with E-state index in [1.165, 1.54) is 16.7 Å². The van der Waals surface area contributed by atoms with Crippen LogP contribution in [0.1, 0.15) is 11.1 Å². The van der Waals surface area contributed by atoms with Crippen molar-refractivity contribution >= 4 is 57.1 Å². The summed E-state index contributed by atoms with van der Waals surface area (Å²) >= 11 is 6.78. The number of nitrogens with zero attached hydrogens (tertiary/aromatic N) is 4. The number of hydrogen-bond acceptors (Lipinski definition) is 6. The van der Waals surface area contributed by atoms with Crippen LogP contribution < -0.4 is 9.80 Å². The molecule has 0 radical (unpaired) electrons. The van der Waals surface area contributed by atoms with Gasteiger partial charge in [-0.25, -0.2) is 0 Å². The second kappa shape index (κ2) is 8.44. The molecule has 3 heterocycles. The highest BCUT2D eigenvalue weighted by Gasteiger charge is 2.42. The summed E-state index contributed by atoms with van der Waals surface area (Å²) in [6.45, 7) is 6.27. The number of carbonyl (C=O) groups excluding carboxylic acids is 2. The Hall–Kier alpha value is -2.52. The molecule has 3 aliphatic heterocycles. The minimum atomic E-state index is -0.231. The van der Waals surface area contributed by atoms with Crippen molar-refractivity contribution in [3.05, 3.63) is 64.6 Å². The largest absolute Gasteiger partial charge is 0.304 e. The lowest BCUT2D eigenvalue weighted by molar-refractivity contribution is -0.115. The first-order chi connectivity index (χ1) is 15.4. The maximum absolute atomic E-state index is 13.6. The molecule has 2 aromatic carbocycles. The van der Waals surface area contributed by atoms with Crippen LogP contribution in [-0.4, -0.2) is 65.8 Å². The average Bonchev–Trinajstić information content (AvgIpc) is 3.22. The first kappa shape index (κ1) is 21.3. The smallest absolute Gasteiger partial charge is 0.271 e. The Morgan fingerprint density at radius 1 is 0.969 bits per heavy atom. The van der Waals surface area contributed by atoms with E-state index in [0.717, 1.165) is 48.7 Å². The van der Waals surface area contributed by atoms with Gasteiger partial charge in [-0.1, -0.05) is 54.3 Å². The zero-order valence-electron chi connectivity index (χ0n) is 18.1. The molecule has 0 spiro atoms. The van der Waals surface area contributed by atoms with Crippen LogP contribution in [0.25, 0.3) is 5.57 Å². The van der Waals surface area contributed by atoms with Crippen LogP contribution in [0.4, 0.5) is 11.4 Å². The fraction of sp³-hybridized carbons (Fsp3) is 0.292. The number of hydrogen-bond donors (Lipinski definition) is 0. The SMILES string of the molecule is Cc1cccc(N2C(=O)C(=C3C(=O)N(CN4CCN(C)CC4)c4ccccc43)SC2=S)c1. The van der Waals surface area contributed by atoms with Gasteiger partial charge in [0.15, 0.2) is 4.32 Å². The Labute approximate surface area is 197 Å². The van der Waals surface area contributed by atoms with E-state index in [1.807, 2.05) is 55.5 Å². The molecule has 2 amide bonds. The second-order valence-corrected chi connectivity index (χ2v) is 10.0. The van der Waals surface area contributed by atoms with Crippen molar-refractivity contribution in [3.8, 4) is 0 Å². The Morgan fingerprint density at radius 2 is 1.72 bits per heavy atom. The highest BCUT2D eigenvalue weighted by Crippen LogP contribution is 2.45. The molecule has 0 atom stereocenters. The number of benzene rings is 2. The van der Waals surface area contributed by atoms with Crippen LogP contribution in [0.3, 0.4) is 0 Å². The molecule has 32 heavy (non-hydrogen) atoms. The number of thioether (sulfide) groups is 1. The molecule has 2 saturated heterocycles. The number of fused-ring (bicyclic) bond motifs is 1. The standard InChI is InChI=1S/C24H24N4O2S2/c1-16-6-5-7-17(14-16)28-23(30)21(32-24(28)31)20-18-8-3-4-9-19(18)27(22(20)29)15-26-12-10-25(2)11-13-26/h3-9,14H,10-13,15H2,1-2H3. The molecule has 0 saturated carbocycles. The van der Waals surface area contributed by atoms with Gasteiger partial charge in [0, 0.05) is 31.7 Å². The second-order valence-electron chi connectivity index (χ2n) is 8.36. The minimum Gasteiger partial charge on any atom is -0.304 e. The number of likely N-dealkylation sites (N-methyl/N-ethyl adjacent to an activating group) is 1. The van der Waals surface area contributed by atoms with Crippen LogP contribution in [0.15, 0.2) is 53.4 Å². The summed E-state index contributed by atoms with van der Waals surface area (Å²) in [5.74, 6) is -0.361. The van der Waals surface area contributed by atoms with E-state index in [1.54, 1.807) is 4.90 Å². The summed E-state index contributed by atoms with van der Waals surface area (Å²) in [6, 6.07) is 15.4. The molecule has 0 bridgehead atoms. The molecular formula is C24H24N4O2S2. The van der Waals surface area contributed by atoms with E-state index in [2.05, 4.69) is 16.8 Å². The van der Waals surface area contributed by atoms with E-state index in [9.17, 15) is 9.59 Å². The molecule has 0 N–H and O–H groups in total. The van der Waals surface area contributed by atoms with E-state index in [0.29, 0.717) is 21.5 Å². The lowest BCUT2D eigenvalue weighted by Gasteiger charge is -2.34. The summed E-state index contributed by atoms with van der Waals surface area (Å²) in [4.78, 5) is 35.4. The highest BCUT2D eigenvalue weighted by atomic mass is 32.2. The normalized spacial score (nSPS) is 22.2. The molecule has 2 fully saturated rings. The van der Waals surface area contributed by atoms with Crippen molar-refractivity contribution in [1.82, 2.24) is 9.80 Å². The number of aryl methyl sites for hydroxylation is 1. The molecule has 0 unspecified atom stereocenters. The van der Waals surface area contributed by atoms with Crippen molar-refractivity contribution in [2.24, 2.45) is 0 Å². The number of thiocarbonyl (C=S) groups is 1. The van der Waals surface area contributed by atoms with Gasteiger partial charge in [-0.05, 0) is 37.7 Å². The van der Waals surface area contributed by atoms with Crippen molar-refractivity contribution < 1.29 is 9.59 Å². The Kier molecular flexibility index (Phi) is 5.63. The van der Waals surface area contributed by atoms with Crippen molar-refractivity contribution in [2.75, 3.05) is 49.7 Å². The summed E-state index contributed by atoms with van der Waals surface area (Å²) in [6.07, 6.45) is 0. The third-order valence-electron chi connectivity index (χ3n) is 6.12. The van der Waals surface area contributed by atoms with E-state index < -0.39 is 0 Å². The highest BCUT2D eigenvalue weighted by molar-refractivity contribution is 8.27. The van der Waals surface area contributed by atoms with Crippen LogP contribution >= 0.6 is 24.0 Å². The number of para-hydroxylation sites is 1. The summed E-state index contributed by atoms with van der Waals surface area (Å²) in [5, 5.41) is 0. The fourth-order valence-electron chi connectivity index (χ4n) is 4.34. The summed E-state index contributed by atoms with van der Waals surface area (Å²) in [5.41, 5.74) is 3.90. The van der Waals surface area contributed by atoms with Gasteiger partial charge >= 0.3 is 0 Å². The van der Waals surface area contributed by atoms with Gasteiger partial charge in [0.2, 0.25) is 0 Å². The van der Waals surface area contributed by atoms with Gasteiger partial charge in [0.25, 0.3) is 11.8 Å². The zero-order valence-corrected chi connectivity index (χ0v) is 19.7. The molecule has 5 rings (SSSR count). The lowest BCUT2D eigenvalue weighted by atomic mass is 10.1. The van der Waals surface area contributed by atoms with Crippen molar-refractivity contribution in [3.63, 3.8) is 0 Å². The zero-order chi connectivity index (χ0) is 22.4. The molecule has 2 aromatic rings. The Morgan fingerprint density at radius 3 is 2.47 bits per heavy atom. The maximum atomic E-state index is 13.6. The predicted octanol–water partition coefficient (Wildman–Crippen LogP) is 3.32. The number of anilines is 2. The van der Waals surface area contributed by atoms with E-state index in [-0.39, 0.29) is 11.8 Å². The third kappa shape index (κ3) is 3.67. The minimum absolute atomic E-state index is 0.130. The van der Waals surface area contributed by atoms with E-state index in [4.69, 9.17) is 12.2 Å².